The van der Waals surface area contributed by atoms with Gasteiger partial charge in [0.05, 0.1) is 6.42 Å². The van der Waals surface area contributed by atoms with E-state index in [9.17, 15) is 4.79 Å². The van der Waals surface area contributed by atoms with Crippen LogP contribution in [0.3, 0.4) is 0 Å². The number of anilines is 1. The summed E-state index contributed by atoms with van der Waals surface area (Å²) in [6.45, 7) is 2.15. The molecule has 0 radical (unpaired) electrons. The number of nitrogens with zero attached hydrogens (tertiary/aromatic N) is 1. The number of hydrogen-bond donors (Lipinski definition) is 1. The number of carbonyl (C=O) groups is 1. The highest BCUT2D eigenvalue weighted by Crippen LogP contribution is 2.34. The summed E-state index contributed by atoms with van der Waals surface area (Å²) in [5.41, 5.74) is 1.05. The number of carboxylic acid groups (broad SMARTS) is 1. The molecule has 1 N–H and O–H groups in total. The van der Waals surface area contributed by atoms with Gasteiger partial charge in [-0.15, -0.1) is 0 Å². The van der Waals surface area contributed by atoms with Crippen molar-refractivity contribution in [1.82, 2.24) is 0 Å². The highest BCUT2D eigenvalue weighted by Gasteiger charge is 2.32. The van der Waals surface area contributed by atoms with Gasteiger partial charge in [-0.25, -0.2) is 0 Å². The normalized spacial score (nSPS) is 20.2. The standard InChI is InChI=1S/C19H20BrNO3/c1-13-5-6-16(12-19(22)23)21(13)15-7-9-17(10-8-15)24-18-4-2-3-14(20)11-18/h2-4,7-11,13,16H,5-6,12H2,1H3,(H,22,23). The van der Waals surface area contributed by atoms with E-state index < -0.39 is 5.97 Å². The molecule has 0 aliphatic carbocycles. The Labute approximate surface area is 150 Å². The first-order valence-electron chi connectivity index (χ1n) is 8.06. The highest BCUT2D eigenvalue weighted by molar-refractivity contribution is 9.10. The fourth-order valence-electron chi connectivity index (χ4n) is 3.29. The van der Waals surface area contributed by atoms with Crippen molar-refractivity contribution in [2.75, 3.05) is 4.90 Å². The average molecular weight is 390 g/mol. The van der Waals surface area contributed by atoms with Crippen molar-refractivity contribution < 1.29 is 14.6 Å². The summed E-state index contributed by atoms with van der Waals surface area (Å²) in [4.78, 5) is 13.3. The molecular weight excluding hydrogens is 370 g/mol. The quantitative estimate of drug-likeness (QED) is 0.774. The van der Waals surface area contributed by atoms with Crippen LogP contribution in [0.4, 0.5) is 5.69 Å². The van der Waals surface area contributed by atoms with E-state index in [1.807, 2.05) is 48.5 Å². The minimum Gasteiger partial charge on any atom is -0.481 e. The maximum Gasteiger partial charge on any atom is 0.305 e. The van der Waals surface area contributed by atoms with Crippen LogP contribution in [0, 0.1) is 0 Å². The largest absolute Gasteiger partial charge is 0.481 e. The first-order chi connectivity index (χ1) is 11.5. The summed E-state index contributed by atoms with van der Waals surface area (Å²) >= 11 is 3.43. The highest BCUT2D eigenvalue weighted by atomic mass is 79.9. The second-order valence-electron chi connectivity index (χ2n) is 6.14. The SMILES string of the molecule is CC1CCC(CC(=O)O)N1c1ccc(Oc2cccc(Br)c2)cc1. The monoisotopic (exact) mass is 389 g/mol. The summed E-state index contributed by atoms with van der Waals surface area (Å²) in [5.74, 6) is 0.794. The van der Waals surface area contributed by atoms with E-state index in [0.717, 1.165) is 34.5 Å². The van der Waals surface area contributed by atoms with Crippen molar-refractivity contribution in [3.05, 3.63) is 53.0 Å². The van der Waals surface area contributed by atoms with Crippen LogP contribution in [0.15, 0.2) is 53.0 Å². The maximum absolute atomic E-state index is 11.1. The van der Waals surface area contributed by atoms with E-state index in [-0.39, 0.29) is 12.5 Å². The maximum atomic E-state index is 11.1. The number of aliphatic carboxylic acids is 1. The minimum absolute atomic E-state index is 0.0642. The average Bonchev–Trinajstić information content (AvgIpc) is 2.88. The van der Waals surface area contributed by atoms with Crippen molar-refractivity contribution in [3.63, 3.8) is 0 Å². The van der Waals surface area contributed by atoms with Crippen molar-refractivity contribution in [1.29, 1.82) is 0 Å². The van der Waals surface area contributed by atoms with Crippen LogP contribution in [0.5, 0.6) is 11.5 Å². The fraction of sp³-hybridized carbons (Fsp3) is 0.316. The van der Waals surface area contributed by atoms with Crippen LogP contribution < -0.4 is 9.64 Å². The zero-order valence-corrected chi connectivity index (χ0v) is 15.1. The molecule has 0 spiro atoms. The smallest absolute Gasteiger partial charge is 0.305 e. The van der Waals surface area contributed by atoms with Crippen LogP contribution in [0.1, 0.15) is 26.2 Å². The van der Waals surface area contributed by atoms with E-state index in [0.29, 0.717) is 6.04 Å². The van der Waals surface area contributed by atoms with E-state index in [2.05, 4.69) is 27.8 Å². The molecule has 1 aliphatic rings. The Balaban J connectivity index is 1.74. The molecule has 1 heterocycles. The first-order valence-corrected chi connectivity index (χ1v) is 8.86. The molecule has 0 saturated carbocycles. The zero-order chi connectivity index (χ0) is 17.1. The summed E-state index contributed by atoms with van der Waals surface area (Å²) in [6, 6.07) is 16.0. The third-order valence-electron chi connectivity index (χ3n) is 4.36. The Morgan fingerprint density at radius 2 is 1.96 bits per heavy atom. The number of hydrogen-bond acceptors (Lipinski definition) is 3. The lowest BCUT2D eigenvalue weighted by atomic mass is 10.1. The number of rotatable bonds is 5. The molecule has 0 aromatic heterocycles. The van der Waals surface area contributed by atoms with Crippen molar-refractivity contribution in [3.8, 4) is 11.5 Å². The van der Waals surface area contributed by atoms with Gasteiger partial charge in [0, 0.05) is 22.2 Å². The van der Waals surface area contributed by atoms with E-state index in [4.69, 9.17) is 9.84 Å². The van der Waals surface area contributed by atoms with Crippen molar-refractivity contribution in [2.24, 2.45) is 0 Å². The predicted octanol–water partition coefficient (Wildman–Crippen LogP) is 5.07. The Bertz CT molecular complexity index is 717. The van der Waals surface area contributed by atoms with Crippen molar-refractivity contribution in [2.45, 2.75) is 38.3 Å². The Kier molecular flexibility index (Phi) is 5.09. The lowest BCUT2D eigenvalue weighted by Crippen LogP contribution is -2.35. The Morgan fingerprint density at radius 1 is 1.21 bits per heavy atom. The summed E-state index contributed by atoms with van der Waals surface area (Å²) in [6.07, 6.45) is 2.12. The van der Waals surface area contributed by atoms with Gasteiger partial charge < -0.3 is 14.7 Å². The summed E-state index contributed by atoms with van der Waals surface area (Å²) in [5, 5.41) is 9.10. The Morgan fingerprint density at radius 3 is 2.62 bits per heavy atom. The summed E-state index contributed by atoms with van der Waals surface area (Å²) < 4.78 is 6.82. The van der Waals surface area contributed by atoms with Crippen LogP contribution in [-0.2, 0) is 4.79 Å². The van der Waals surface area contributed by atoms with Crippen LogP contribution >= 0.6 is 15.9 Å². The fourth-order valence-corrected chi connectivity index (χ4v) is 3.67. The number of carboxylic acids is 1. The van der Waals surface area contributed by atoms with Gasteiger partial charge in [-0.05, 0) is 62.2 Å². The van der Waals surface area contributed by atoms with Gasteiger partial charge in [0.25, 0.3) is 0 Å². The zero-order valence-electron chi connectivity index (χ0n) is 13.5. The number of benzene rings is 2. The van der Waals surface area contributed by atoms with Gasteiger partial charge in [0.1, 0.15) is 11.5 Å². The lowest BCUT2D eigenvalue weighted by Gasteiger charge is -2.30. The van der Waals surface area contributed by atoms with Crippen molar-refractivity contribution >= 4 is 27.6 Å². The molecule has 2 atom stereocenters. The molecule has 2 aromatic carbocycles. The second kappa shape index (κ2) is 7.26. The van der Waals surface area contributed by atoms with Gasteiger partial charge in [0.2, 0.25) is 0 Å². The third-order valence-corrected chi connectivity index (χ3v) is 4.86. The van der Waals surface area contributed by atoms with E-state index in [1.165, 1.54) is 0 Å². The predicted molar refractivity (Wildman–Crippen MR) is 97.9 cm³/mol. The molecule has 0 amide bonds. The number of halogens is 1. The van der Waals surface area contributed by atoms with Crippen LogP contribution in [-0.4, -0.2) is 23.2 Å². The molecule has 5 heteroatoms. The molecule has 1 saturated heterocycles. The molecule has 1 aliphatic heterocycles. The number of ether oxygens (including phenoxy) is 1. The van der Waals surface area contributed by atoms with Gasteiger partial charge in [-0.1, -0.05) is 22.0 Å². The third kappa shape index (κ3) is 3.90. The Hall–Kier alpha value is -2.01. The summed E-state index contributed by atoms with van der Waals surface area (Å²) in [7, 11) is 0. The molecule has 126 valence electrons. The molecule has 0 bridgehead atoms. The molecule has 24 heavy (non-hydrogen) atoms. The molecule has 2 aromatic rings. The van der Waals surface area contributed by atoms with E-state index in [1.54, 1.807) is 0 Å². The minimum atomic E-state index is -0.742. The van der Waals surface area contributed by atoms with Crippen LogP contribution in [0.25, 0.3) is 0 Å². The van der Waals surface area contributed by atoms with E-state index >= 15 is 0 Å². The van der Waals surface area contributed by atoms with Gasteiger partial charge in [-0.2, -0.15) is 0 Å². The molecule has 4 nitrogen and oxygen atoms in total. The molecule has 3 rings (SSSR count). The topological polar surface area (TPSA) is 49.8 Å². The molecule has 1 fully saturated rings. The molecule has 2 unspecified atom stereocenters. The van der Waals surface area contributed by atoms with Gasteiger partial charge >= 0.3 is 5.97 Å². The molecular formula is C19H20BrNO3. The lowest BCUT2D eigenvalue weighted by molar-refractivity contribution is -0.137. The first kappa shape index (κ1) is 16.8. The van der Waals surface area contributed by atoms with Gasteiger partial charge in [0.15, 0.2) is 0 Å². The van der Waals surface area contributed by atoms with Crippen LogP contribution in [0.2, 0.25) is 0 Å². The second-order valence-corrected chi connectivity index (χ2v) is 7.05. The van der Waals surface area contributed by atoms with Gasteiger partial charge in [-0.3, -0.25) is 4.79 Å².